The number of carbonyl (C=O) groups excluding carboxylic acids is 2. The van der Waals surface area contributed by atoms with E-state index < -0.39 is 17.7 Å². The molecule has 6 nitrogen and oxygen atoms in total. The van der Waals surface area contributed by atoms with E-state index in [1.165, 1.54) is 28.4 Å². The van der Waals surface area contributed by atoms with Crippen molar-refractivity contribution in [3.05, 3.63) is 94.6 Å². The second-order valence-electron chi connectivity index (χ2n) is 8.05. The quantitative estimate of drug-likeness (QED) is 0.250. The molecule has 164 valence electrons. The number of nitrogens with zero attached hydrogens (tertiary/aromatic N) is 2. The molecular weight excluding hydrogens is 436 g/mol. The number of phenolic OH excluding ortho intramolecular Hbond substituents is 1. The van der Waals surface area contributed by atoms with Crippen LogP contribution in [-0.4, -0.2) is 26.9 Å². The summed E-state index contributed by atoms with van der Waals surface area (Å²) in [5.41, 5.74) is 3.84. The van der Waals surface area contributed by atoms with Crippen LogP contribution in [0.2, 0.25) is 0 Å². The number of aliphatic hydroxyl groups is 1. The van der Waals surface area contributed by atoms with Crippen LogP contribution in [-0.2, 0) is 9.59 Å². The summed E-state index contributed by atoms with van der Waals surface area (Å²) in [7, 11) is 0. The lowest BCUT2D eigenvalue weighted by atomic mass is 9.95. The minimum Gasteiger partial charge on any atom is -0.508 e. The Morgan fingerprint density at radius 1 is 1.00 bits per heavy atom. The highest BCUT2D eigenvalue weighted by Crippen LogP contribution is 2.44. The first-order valence-electron chi connectivity index (χ1n) is 10.4. The number of aliphatic hydroxyl groups excluding tert-OH is 1. The fourth-order valence-corrected chi connectivity index (χ4v) is 5.38. The van der Waals surface area contributed by atoms with Gasteiger partial charge in [0.15, 0.2) is 5.13 Å². The Balaban J connectivity index is 1.75. The summed E-state index contributed by atoms with van der Waals surface area (Å²) in [6.07, 6.45) is 0. The maximum atomic E-state index is 13.3. The van der Waals surface area contributed by atoms with E-state index in [9.17, 15) is 19.8 Å². The molecule has 0 saturated carbocycles. The third-order valence-corrected chi connectivity index (χ3v) is 6.73. The highest BCUT2D eigenvalue weighted by molar-refractivity contribution is 7.22. The first kappa shape index (κ1) is 20.9. The number of carbonyl (C=O) groups is 2. The van der Waals surface area contributed by atoms with Gasteiger partial charge in [-0.2, -0.15) is 0 Å². The van der Waals surface area contributed by atoms with Gasteiger partial charge in [-0.3, -0.25) is 14.5 Å². The van der Waals surface area contributed by atoms with E-state index >= 15 is 0 Å². The number of aromatic nitrogens is 1. The van der Waals surface area contributed by atoms with Crippen LogP contribution >= 0.6 is 11.3 Å². The Bertz CT molecular complexity index is 1440. The number of amides is 1. The number of hydrogen-bond acceptors (Lipinski definition) is 6. The first-order valence-corrected chi connectivity index (χ1v) is 11.2. The van der Waals surface area contributed by atoms with Gasteiger partial charge in [0.05, 0.1) is 21.8 Å². The number of thiazole rings is 1. The first-order chi connectivity index (χ1) is 15.8. The number of aromatic hydroxyl groups is 1. The summed E-state index contributed by atoms with van der Waals surface area (Å²) >= 11 is 1.33. The molecule has 1 unspecified atom stereocenters. The van der Waals surface area contributed by atoms with E-state index in [4.69, 9.17) is 4.98 Å². The van der Waals surface area contributed by atoms with Crippen molar-refractivity contribution in [2.75, 3.05) is 4.90 Å². The van der Waals surface area contributed by atoms with E-state index in [0.29, 0.717) is 16.3 Å². The van der Waals surface area contributed by atoms with Crippen LogP contribution in [0.5, 0.6) is 5.75 Å². The second kappa shape index (κ2) is 7.86. The largest absolute Gasteiger partial charge is 0.508 e. The zero-order chi connectivity index (χ0) is 23.3. The van der Waals surface area contributed by atoms with Gasteiger partial charge in [-0.25, -0.2) is 4.98 Å². The molecule has 2 heterocycles. The Morgan fingerprint density at radius 2 is 1.70 bits per heavy atom. The van der Waals surface area contributed by atoms with Gasteiger partial charge in [0.1, 0.15) is 11.5 Å². The van der Waals surface area contributed by atoms with Crippen LogP contribution in [0, 0.1) is 13.8 Å². The number of anilines is 1. The molecule has 0 radical (unpaired) electrons. The van der Waals surface area contributed by atoms with E-state index in [2.05, 4.69) is 0 Å². The Morgan fingerprint density at radius 3 is 2.39 bits per heavy atom. The molecule has 0 spiro atoms. The zero-order valence-electron chi connectivity index (χ0n) is 17.9. The number of rotatable bonds is 3. The lowest BCUT2D eigenvalue weighted by molar-refractivity contribution is -0.132. The normalized spacial score (nSPS) is 17.8. The molecule has 0 bridgehead atoms. The zero-order valence-corrected chi connectivity index (χ0v) is 18.8. The Labute approximate surface area is 194 Å². The van der Waals surface area contributed by atoms with Gasteiger partial charge in [-0.05, 0) is 48.7 Å². The smallest absolute Gasteiger partial charge is 0.301 e. The van der Waals surface area contributed by atoms with Crippen LogP contribution in [0.4, 0.5) is 5.13 Å². The summed E-state index contributed by atoms with van der Waals surface area (Å²) in [6, 6.07) is 18.1. The minimum absolute atomic E-state index is 0.0101. The molecule has 1 amide bonds. The molecule has 1 aliphatic heterocycles. The molecule has 1 saturated heterocycles. The maximum absolute atomic E-state index is 13.3. The molecule has 1 aromatic heterocycles. The summed E-state index contributed by atoms with van der Waals surface area (Å²) in [6.45, 7) is 3.95. The van der Waals surface area contributed by atoms with E-state index in [-0.39, 0.29) is 17.1 Å². The summed E-state index contributed by atoms with van der Waals surface area (Å²) in [5, 5.41) is 21.2. The van der Waals surface area contributed by atoms with Crippen molar-refractivity contribution in [3.8, 4) is 5.75 Å². The Kier molecular flexibility index (Phi) is 4.98. The van der Waals surface area contributed by atoms with Gasteiger partial charge in [0.2, 0.25) is 0 Å². The van der Waals surface area contributed by atoms with Crippen molar-refractivity contribution in [3.63, 3.8) is 0 Å². The fraction of sp³-hybridized carbons (Fsp3) is 0.115. The van der Waals surface area contributed by atoms with Crippen LogP contribution in [0.3, 0.4) is 0 Å². The highest BCUT2D eigenvalue weighted by atomic mass is 32.1. The molecule has 0 aliphatic carbocycles. The van der Waals surface area contributed by atoms with Crippen molar-refractivity contribution in [2.24, 2.45) is 0 Å². The van der Waals surface area contributed by atoms with Crippen molar-refractivity contribution < 1.29 is 19.8 Å². The van der Waals surface area contributed by atoms with Crippen LogP contribution in [0.25, 0.3) is 16.0 Å². The molecule has 1 atom stereocenters. The predicted molar refractivity (Wildman–Crippen MR) is 128 cm³/mol. The third kappa shape index (κ3) is 3.47. The number of ketones is 1. The van der Waals surface area contributed by atoms with Crippen LogP contribution in [0.1, 0.15) is 28.3 Å². The maximum Gasteiger partial charge on any atom is 0.301 e. The van der Waals surface area contributed by atoms with Gasteiger partial charge < -0.3 is 10.2 Å². The summed E-state index contributed by atoms with van der Waals surface area (Å²) < 4.78 is 0.914. The van der Waals surface area contributed by atoms with Crippen molar-refractivity contribution in [2.45, 2.75) is 19.9 Å². The molecule has 7 heteroatoms. The van der Waals surface area contributed by atoms with Gasteiger partial charge >= 0.3 is 5.91 Å². The molecule has 4 aromatic rings. The summed E-state index contributed by atoms with van der Waals surface area (Å²) in [4.78, 5) is 32.5. The molecule has 1 fully saturated rings. The number of hydrogen-bond donors (Lipinski definition) is 2. The summed E-state index contributed by atoms with van der Waals surface area (Å²) in [5.74, 6) is -1.71. The van der Waals surface area contributed by atoms with E-state index in [1.807, 2.05) is 26.0 Å². The minimum atomic E-state index is -0.882. The van der Waals surface area contributed by atoms with Crippen molar-refractivity contribution in [1.82, 2.24) is 4.98 Å². The SMILES string of the molecule is Cc1cc(C)c2nc(N3C(=O)C(=O)C(=C(O)c4ccccc4)C3c3ccc(O)cc3)sc2c1. The van der Waals surface area contributed by atoms with Gasteiger partial charge in [0.25, 0.3) is 5.78 Å². The average molecular weight is 457 g/mol. The average Bonchev–Trinajstić information content (AvgIpc) is 3.33. The van der Waals surface area contributed by atoms with Crippen molar-refractivity contribution in [1.29, 1.82) is 0 Å². The molecule has 1 aliphatic rings. The van der Waals surface area contributed by atoms with Crippen molar-refractivity contribution >= 4 is 44.1 Å². The van der Waals surface area contributed by atoms with Gasteiger partial charge in [0, 0.05) is 5.56 Å². The number of benzene rings is 3. The molecule has 5 rings (SSSR count). The molecule has 2 N–H and O–H groups in total. The van der Waals surface area contributed by atoms with E-state index in [0.717, 1.165) is 21.3 Å². The topological polar surface area (TPSA) is 90.7 Å². The highest BCUT2D eigenvalue weighted by Gasteiger charge is 2.48. The monoisotopic (exact) mass is 456 g/mol. The molecule has 33 heavy (non-hydrogen) atoms. The van der Waals surface area contributed by atoms with Gasteiger partial charge in [-0.1, -0.05) is 59.9 Å². The fourth-order valence-electron chi connectivity index (χ4n) is 4.22. The number of Topliss-reactive ketones (excluding diaryl/α,β-unsaturated/α-hetero) is 1. The lowest BCUT2D eigenvalue weighted by Crippen LogP contribution is -2.29. The second-order valence-corrected chi connectivity index (χ2v) is 9.06. The number of aryl methyl sites for hydroxylation is 2. The number of phenols is 1. The number of fused-ring (bicyclic) bond motifs is 1. The lowest BCUT2D eigenvalue weighted by Gasteiger charge is -2.23. The standard InChI is InChI=1S/C26H20N2O4S/c1-14-12-15(2)21-19(13-14)33-26(27-21)28-22(16-8-10-18(29)11-9-16)20(24(31)25(28)32)23(30)17-6-4-3-5-7-17/h3-13,22,29-30H,1-2H3. The molecule has 3 aromatic carbocycles. The predicted octanol–water partition coefficient (Wildman–Crippen LogP) is 5.25. The third-order valence-electron chi connectivity index (χ3n) is 5.73. The van der Waals surface area contributed by atoms with E-state index in [1.54, 1.807) is 42.5 Å². The van der Waals surface area contributed by atoms with Crippen LogP contribution < -0.4 is 4.90 Å². The van der Waals surface area contributed by atoms with Crippen LogP contribution in [0.15, 0.2) is 72.3 Å². The molecular formula is C26H20N2O4S. The Hall–Kier alpha value is -3.97. The van der Waals surface area contributed by atoms with Gasteiger partial charge in [-0.15, -0.1) is 0 Å².